The van der Waals surface area contributed by atoms with Gasteiger partial charge in [0.2, 0.25) is 5.91 Å². The number of carbonyl (C=O) groups excluding carboxylic acids is 2. The number of benzene rings is 1. The average Bonchev–Trinajstić information content (AvgIpc) is 3.14. The van der Waals surface area contributed by atoms with Gasteiger partial charge in [-0.25, -0.2) is 22.9 Å². The second kappa shape index (κ2) is 10.3. The molecular formula is C18H24ClN5O4S. The summed E-state index contributed by atoms with van der Waals surface area (Å²) in [6.07, 6.45) is 4.11. The summed E-state index contributed by atoms with van der Waals surface area (Å²) >= 11 is 5.75. The number of H-pyrrole nitrogens is 1. The summed E-state index contributed by atoms with van der Waals surface area (Å²) in [7, 11) is -4.09. The van der Waals surface area contributed by atoms with Gasteiger partial charge in [-0.15, -0.1) is 0 Å². The van der Waals surface area contributed by atoms with Crippen molar-refractivity contribution in [3.8, 4) is 0 Å². The van der Waals surface area contributed by atoms with Crippen molar-refractivity contribution in [1.82, 2.24) is 25.3 Å². The topological polar surface area (TPSA) is 133 Å². The van der Waals surface area contributed by atoms with Gasteiger partial charge in [0.25, 0.3) is 10.0 Å². The zero-order valence-electron chi connectivity index (χ0n) is 16.1. The quantitative estimate of drug-likeness (QED) is 0.471. The molecule has 4 N–H and O–H groups in total. The Hall–Kier alpha value is -2.59. The Balaban J connectivity index is 1.95. The summed E-state index contributed by atoms with van der Waals surface area (Å²) < 4.78 is 26.5. The zero-order valence-corrected chi connectivity index (χ0v) is 17.7. The number of amides is 3. The molecule has 0 fully saturated rings. The van der Waals surface area contributed by atoms with E-state index in [1.807, 2.05) is 18.6 Å². The van der Waals surface area contributed by atoms with Gasteiger partial charge >= 0.3 is 6.03 Å². The molecule has 0 aliphatic carbocycles. The van der Waals surface area contributed by atoms with E-state index in [1.165, 1.54) is 24.3 Å². The number of hydrogen-bond acceptors (Lipinski definition) is 5. The highest BCUT2D eigenvalue weighted by Gasteiger charge is 2.24. The molecule has 2 aromatic rings. The van der Waals surface area contributed by atoms with Gasteiger partial charge in [0.05, 0.1) is 11.2 Å². The van der Waals surface area contributed by atoms with Crippen LogP contribution < -0.4 is 15.4 Å². The fourth-order valence-corrected chi connectivity index (χ4v) is 3.59. The van der Waals surface area contributed by atoms with E-state index in [0.29, 0.717) is 24.4 Å². The van der Waals surface area contributed by atoms with Crippen molar-refractivity contribution in [3.63, 3.8) is 0 Å². The molecule has 0 saturated carbocycles. The third-order valence-corrected chi connectivity index (χ3v) is 5.53. The molecular weight excluding hydrogens is 418 g/mol. The molecule has 29 heavy (non-hydrogen) atoms. The first-order chi connectivity index (χ1) is 13.7. The highest BCUT2D eigenvalue weighted by atomic mass is 35.5. The fraction of sp³-hybridized carbons (Fsp3) is 0.389. The Labute approximate surface area is 174 Å². The molecule has 0 spiro atoms. The first-order valence-corrected chi connectivity index (χ1v) is 10.9. The van der Waals surface area contributed by atoms with Crippen LogP contribution in [0.4, 0.5) is 4.79 Å². The number of nitrogens with zero attached hydrogens (tertiary/aromatic N) is 1. The van der Waals surface area contributed by atoms with E-state index in [4.69, 9.17) is 11.6 Å². The number of nitrogens with one attached hydrogen (secondary N) is 4. The molecule has 0 bridgehead atoms. The van der Waals surface area contributed by atoms with Crippen molar-refractivity contribution >= 4 is 33.6 Å². The lowest BCUT2D eigenvalue weighted by molar-refractivity contribution is -0.123. The Bertz CT molecular complexity index is 914. The third kappa shape index (κ3) is 7.39. The van der Waals surface area contributed by atoms with Crippen LogP contribution in [0.5, 0.6) is 0 Å². The van der Waals surface area contributed by atoms with Gasteiger partial charge in [-0.3, -0.25) is 4.79 Å². The maximum atomic E-state index is 12.5. The minimum atomic E-state index is -4.09. The smallest absolute Gasteiger partial charge is 0.329 e. The van der Waals surface area contributed by atoms with Gasteiger partial charge in [-0.1, -0.05) is 25.4 Å². The van der Waals surface area contributed by atoms with Gasteiger partial charge < -0.3 is 15.6 Å². The first kappa shape index (κ1) is 22.7. The van der Waals surface area contributed by atoms with Crippen molar-refractivity contribution < 1.29 is 18.0 Å². The molecule has 2 rings (SSSR count). The van der Waals surface area contributed by atoms with E-state index in [2.05, 4.69) is 20.6 Å². The summed E-state index contributed by atoms with van der Waals surface area (Å²) in [5.74, 6) is -0.288. The van der Waals surface area contributed by atoms with E-state index in [0.717, 1.165) is 5.69 Å². The summed E-state index contributed by atoms with van der Waals surface area (Å²) in [5, 5.41) is 5.55. The van der Waals surface area contributed by atoms with Crippen LogP contribution in [0.15, 0.2) is 41.7 Å². The molecule has 9 nitrogen and oxygen atoms in total. The number of rotatable bonds is 9. The van der Waals surface area contributed by atoms with Crippen molar-refractivity contribution in [2.75, 3.05) is 6.54 Å². The minimum Gasteiger partial charge on any atom is -0.354 e. The number of sulfonamides is 1. The first-order valence-electron chi connectivity index (χ1n) is 9.01. The Morgan fingerprint density at radius 1 is 1.21 bits per heavy atom. The molecule has 0 radical (unpaired) electrons. The van der Waals surface area contributed by atoms with Gasteiger partial charge in [0.15, 0.2) is 0 Å². The molecule has 0 aliphatic heterocycles. The SMILES string of the molecule is CC(C)C[C@H](NC(=O)NS(=O)(=O)c1ccc(Cl)cc1)C(=O)NCCc1cnc[nH]1. The van der Waals surface area contributed by atoms with E-state index in [9.17, 15) is 18.0 Å². The lowest BCUT2D eigenvalue weighted by Crippen LogP contribution is -2.51. The fourth-order valence-electron chi connectivity index (χ4n) is 2.55. The van der Waals surface area contributed by atoms with Crippen LogP contribution in [0.25, 0.3) is 0 Å². The second-order valence-electron chi connectivity index (χ2n) is 6.83. The number of aromatic nitrogens is 2. The summed E-state index contributed by atoms with van der Waals surface area (Å²) in [6, 6.07) is 3.52. The highest BCUT2D eigenvalue weighted by molar-refractivity contribution is 7.90. The van der Waals surface area contributed by atoms with Gasteiger partial charge in [-0.05, 0) is 36.6 Å². The van der Waals surface area contributed by atoms with Crippen molar-refractivity contribution in [2.45, 2.75) is 37.6 Å². The van der Waals surface area contributed by atoms with Crippen molar-refractivity contribution in [2.24, 2.45) is 5.92 Å². The van der Waals surface area contributed by atoms with Crippen molar-refractivity contribution in [3.05, 3.63) is 47.5 Å². The van der Waals surface area contributed by atoms with Crippen LogP contribution in [0.2, 0.25) is 5.02 Å². The van der Waals surface area contributed by atoms with Gasteiger partial charge in [-0.2, -0.15) is 0 Å². The Morgan fingerprint density at radius 2 is 1.90 bits per heavy atom. The van der Waals surface area contributed by atoms with Crippen LogP contribution in [0.1, 0.15) is 26.0 Å². The average molecular weight is 442 g/mol. The van der Waals surface area contributed by atoms with Crippen LogP contribution >= 0.6 is 11.6 Å². The summed E-state index contributed by atoms with van der Waals surface area (Å²) in [6.45, 7) is 4.14. The number of urea groups is 1. The molecule has 1 aromatic heterocycles. The molecule has 0 saturated heterocycles. The standard InChI is InChI=1S/C18H24ClN5O4S/c1-12(2)9-16(17(25)21-8-7-14-10-20-11-22-14)23-18(26)24-29(27,28)15-5-3-13(19)4-6-15/h3-6,10-12,16H,7-9H2,1-2H3,(H,20,22)(H,21,25)(H2,23,24,26)/t16-/m0/s1. The highest BCUT2D eigenvalue weighted by Crippen LogP contribution is 2.14. The van der Waals surface area contributed by atoms with E-state index >= 15 is 0 Å². The van der Waals surface area contributed by atoms with E-state index in [1.54, 1.807) is 12.5 Å². The van der Waals surface area contributed by atoms with E-state index < -0.39 is 28.0 Å². The lowest BCUT2D eigenvalue weighted by Gasteiger charge is -2.20. The number of halogens is 1. The molecule has 11 heteroatoms. The molecule has 1 atom stereocenters. The molecule has 0 unspecified atom stereocenters. The maximum absolute atomic E-state index is 12.5. The van der Waals surface area contributed by atoms with Gasteiger partial charge in [0.1, 0.15) is 6.04 Å². The number of imidazole rings is 1. The minimum absolute atomic E-state index is 0.103. The Kier molecular flexibility index (Phi) is 8.03. The van der Waals surface area contributed by atoms with Crippen LogP contribution in [0.3, 0.4) is 0 Å². The summed E-state index contributed by atoms with van der Waals surface area (Å²) in [5.41, 5.74) is 0.866. The third-order valence-electron chi connectivity index (χ3n) is 3.93. The predicted molar refractivity (Wildman–Crippen MR) is 109 cm³/mol. The molecule has 1 heterocycles. The second-order valence-corrected chi connectivity index (χ2v) is 8.95. The lowest BCUT2D eigenvalue weighted by atomic mass is 10.0. The Morgan fingerprint density at radius 3 is 2.48 bits per heavy atom. The predicted octanol–water partition coefficient (Wildman–Crippen LogP) is 1.82. The maximum Gasteiger partial charge on any atom is 0.329 e. The molecule has 0 aliphatic rings. The van der Waals surface area contributed by atoms with Crippen molar-refractivity contribution in [1.29, 1.82) is 0 Å². The molecule has 158 valence electrons. The van der Waals surface area contributed by atoms with Gasteiger partial charge in [0, 0.05) is 29.9 Å². The van der Waals surface area contributed by atoms with Crippen LogP contribution in [-0.4, -0.2) is 42.9 Å². The van der Waals surface area contributed by atoms with Crippen LogP contribution in [0, 0.1) is 5.92 Å². The number of carbonyl (C=O) groups is 2. The molecule has 3 amide bonds. The van der Waals surface area contributed by atoms with Crippen LogP contribution in [-0.2, 0) is 21.2 Å². The molecule has 1 aromatic carbocycles. The monoisotopic (exact) mass is 441 g/mol. The summed E-state index contributed by atoms with van der Waals surface area (Å²) in [4.78, 5) is 31.4. The number of hydrogen-bond donors (Lipinski definition) is 4. The largest absolute Gasteiger partial charge is 0.354 e. The van der Waals surface area contributed by atoms with E-state index in [-0.39, 0.29) is 10.8 Å². The number of aromatic amines is 1. The zero-order chi connectivity index (χ0) is 21.4. The normalized spacial score (nSPS) is 12.4.